The van der Waals surface area contributed by atoms with Gasteiger partial charge in [0, 0.05) is 30.3 Å². The summed E-state index contributed by atoms with van der Waals surface area (Å²) in [7, 11) is 0. The maximum Gasteiger partial charge on any atom is 0.139 e. The number of hydrogen-bond acceptors (Lipinski definition) is 4. The first-order valence-corrected chi connectivity index (χ1v) is 7.42. The number of rotatable bonds is 6. The molecule has 1 aliphatic rings. The molecule has 0 aromatic heterocycles. The van der Waals surface area contributed by atoms with E-state index in [2.05, 4.69) is 5.32 Å². The van der Waals surface area contributed by atoms with Crippen molar-refractivity contribution in [3.8, 4) is 5.75 Å². The van der Waals surface area contributed by atoms with E-state index in [0.717, 1.165) is 13.0 Å². The van der Waals surface area contributed by atoms with E-state index in [1.165, 1.54) is 0 Å². The Morgan fingerprint density at radius 1 is 1.50 bits per heavy atom. The van der Waals surface area contributed by atoms with Crippen molar-refractivity contribution in [3.05, 3.63) is 28.2 Å². The molecule has 4 nitrogen and oxygen atoms in total. The molecule has 1 heterocycles. The van der Waals surface area contributed by atoms with Gasteiger partial charge in [-0.15, -0.1) is 0 Å². The summed E-state index contributed by atoms with van der Waals surface area (Å²) in [5.74, 6) is 0.482. The molecule has 1 aliphatic heterocycles. The van der Waals surface area contributed by atoms with Crippen molar-refractivity contribution in [1.29, 1.82) is 0 Å². The van der Waals surface area contributed by atoms with Gasteiger partial charge >= 0.3 is 0 Å². The monoisotopic (exact) mass is 319 g/mol. The summed E-state index contributed by atoms with van der Waals surface area (Å²) in [4.78, 5) is 0. The zero-order valence-electron chi connectivity index (χ0n) is 11.3. The number of aliphatic hydroxyl groups excluding tert-OH is 1. The molecule has 112 valence electrons. The summed E-state index contributed by atoms with van der Waals surface area (Å²) in [5.41, 5.74) is 0. The zero-order chi connectivity index (χ0) is 14.5. The van der Waals surface area contributed by atoms with Crippen LogP contribution in [0.15, 0.2) is 18.2 Å². The standard InChI is InChI=1S/C14H19Cl2NO3/c1-9-13(4-5-19-9)17-7-11(18)8-20-14-6-10(15)2-3-12(14)16/h2-3,6,9,11,13,17-18H,4-5,7-8H2,1H3. The summed E-state index contributed by atoms with van der Waals surface area (Å²) >= 11 is 11.9. The summed E-state index contributed by atoms with van der Waals surface area (Å²) in [5, 5.41) is 14.2. The minimum Gasteiger partial charge on any atom is -0.489 e. The van der Waals surface area contributed by atoms with Gasteiger partial charge in [-0.2, -0.15) is 0 Å². The quantitative estimate of drug-likeness (QED) is 0.846. The summed E-state index contributed by atoms with van der Waals surface area (Å²) in [6, 6.07) is 5.29. The molecule has 0 saturated carbocycles. The molecular weight excluding hydrogens is 301 g/mol. The Bertz CT molecular complexity index is 444. The number of nitrogens with one attached hydrogen (secondary N) is 1. The Morgan fingerprint density at radius 3 is 3.00 bits per heavy atom. The van der Waals surface area contributed by atoms with Gasteiger partial charge < -0.3 is 19.9 Å². The maximum atomic E-state index is 9.91. The normalized spacial score (nSPS) is 23.8. The molecule has 0 radical (unpaired) electrons. The van der Waals surface area contributed by atoms with E-state index in [9.17, 15) is 5.11 Å². The molecule has 20 heavy (non-hydrogen) atoms. The lowest BCUT2D eigenvalue weighted by Crippen LogP contribution is -2.41. The summed E-state index contributed by atoms with van der Waals surface area (Å²) < 4.78 is 10.9. The summed E-state index contributed by atoms with van der Waals surface area (Å²) in [6.07, 6.45) is 0.540. The molecule has 2 N–H and O–H groups in total. The molecule has 6 heteroatoms. The Hall–Kier alpha value is -0.520. The van der Waals surface area contributed by atoms with Crippen LogP contribution in [-0.2, 0) is 4.74 Å². The first-order chi connectivity index (χ1) is 9.56. The maximum absolute atomic E-state index is 9.91. The highest BCUT2D eigenvalue weighted by molar-refractivity contribution is 6.34. The van der Waals surface area contributed by atoms with Crippen LogP contribution < -0.4 is 10.1 Å². The highest BCUT2D eigenvalue weighted by atomic mass is 35.5. The van der Waals surface area contributed by atoms with E-state index >= 15 is 0 Å². The lowest BCUT2D eigenvalue weighted by molar-refractivity contribution is 0.0897. The van der Waals surface area contributed by atoms with Crippen LogP contribution in [0.4, 0.5) is 0 Å². The van der Waals surface area contributed by atoms with Gasteiger partial charge in [-0.05, 0) is 25.5 Å². The van der Waals surface area contributed by atoms with Gasteiger partial charge in [0.1, 0.15) is 18.5 Å². The molecule has 1 aromatic carbocycles. The number of aliphatic hydroxyl groups is 1. The van der Waals surface area contributed by atoms with Gasteiger partial charge in [-0.25, -0.2) is 0 Å². The molecular formula is C14H19Cl2NO3. The number of benzene rings is 1. The van der Waals surface area contributed by atoms with Crippen LogP contribution >= 0.6 is 23.2 Å². The second kappa shape index (κ2) is 7.48. The predicted molar refractivity (Wildman–Crippen MR) is 79.8 cm³/mol. The molecule has 0 bridgehead atoms. The number of hydrogen-bond donors (Lipinski definition) is 2. The molecule has 2 rings (SSSR count). The van der Waals surface area contributed by atoms with Crippen LogP contribution in [0.1, 0.15) is 13.3 Å². The van der Waals surface area contributed by atoms with Crippen molar-refractivity contribution in [2.24, 2.45) is 0 Å². The Labute approximate surface area is 129 Å². The van der Waals surface area contributed by atoms with Crippen LogP contribution in [0.25, 0.3) is 0 Å². The highest BCUT2D eigenvalue weighted by Crippen LogP contribution is 2.27. The highest BCUT2D eigenvalue weighted by Gasteiger charge is 2.24. The van der Waals surface area contributed by atoms with Crippen molar-refractivity contribution in [2.75, 3.05) is 19.8 Å². The van der Waals surface area contributed by atoms with E-state index < -0.39 is 6.10 Å². The van der Waals surface area contributed by atoms with E-state index in [1.807, 2.05) is 6.92 Å². The fourth-order valence-corrected chi connectivity index (χ4v) is 2.45. The van der Waals surface area contributed by atoms with E-state index in [1.54, 1.807) is 18.2 Å². The van der Waals surface area contributed by atoms with Crippen molar-refractivity contribution in [1.82, 2.24) is 5.32 Å². The number of halogens is 2. The van der Waals surface area contributed by atoms with E-state index in [4.69, 9.17) is 32.7 Å². The largest absolute Gasteiger partial charge is 0.489 e. The van der Waals surface area contributed by atoms with Gasteiger partial charge in [0.25, 0.3) is 0 Å². The third-order valence-corrected chi connectivity index (χ3v) is 3.86. The predicted octanol–water partition coefficient (Wildman–Crippen LogP) is 2.50. The molecule has 0 spiro atoms. The van der Waals surface area contributed by atoms with E-state index in [-0.39, 0.29) is 12.7 Å². The lowest BCUT2D eigenvalue weighted by Gasteiger charge is -2.19. The second-order valence-electron chi connectivity index (χ2n) is 4.92. The van der Waals surface area contributed by atoms with Crippen molar-refractivity contribution in [2.45, 2.75) is 31.6 Å². The Morgan fingerprint density at radius 2 is 2.30 bits per heavy atom. The lowest BCUT2D eigenvalue weighted by atomic mass is 10.1. The van der Waals surface area contributed by atoms with Crippen LogP contribution in [0, 0.1) is 0 Å². The third kappa shape index (κ3) is 4.50. The fourth-order valence-electron chi connectivity index (χ4n) is 2.12. The van der Waals surface area contributed by atoms with Gasteiger partial charge in [-0.3, -0.25) is 0 Å². The Balaban J connectivity index is 1.74. The average molecular weight is 320 g/mol. The minimum absolute atomic E-state index is 0.162. The molecule has 0 amide bonds. The molecule has 1 fully saturated rings. The smallest absolute Gasteiger partial charge is 0.139 e. The SMILES string of the molecule is CC1OCCC1NCC(O)COc1cc(Cl)ccc1Cl. The molecule has 3 unspecified atom stereocenters. The van der Waals surface area contributed by atoms with Crippen LogP contribution in [0.2, 0.25) is 10.0 Å². The van der Waals surface area contributed by atoms with Crippen molar-refractivity contribution >= 4 is 23.2 Å². The fraction of sp³-hybridized carbons (Fsp3) is 0.571. The van der Waals surface area contributed by atoms with Crippen LogP contribution in [0.5, 0.6) is 5.75 Å². The molecule has 1 aromatic rings. The molecule has 3 atom stereocenters. The molecule has 0 aliphatic carbocycles. The van der Waals surface area contributed by atoms with Crippen molar-refractivity contribution < 1.29 is 14.6 Å². The second-order valence-corrected chi connectivity index (χ2v) is 5.76. The Kier molecular flexibility index (Phi) is 5.93. The number of ether oxygens (including phenoxy) is 2. The molecule has 1 saturated heterocycles. The van der Waals surface area contributed by atoms with Gasteiger partial charge in [0.15, 0.2) is 0 Å². The van der Waals surface area contributed by atoms with E-state index in [0.29, 0.717) is 28.4 Å². The van der Waals surface area contributed by atoms with Crippen LogP contribution in [0.3, 0.4) is 0 Å². The van der Waals surface area contributed by atoms with Crippen LogP contribution in [-0.4, -0.2) is 43.1 Å². The first kappa shape index (κ1) is 15.9. The van der Waals surface area contributed by atoms with Crippen molar-refractivity contribution in [3.63, 3.8) is 0 Å². The topological polar surface area (TPSA) is 50.7 Å². The van der Waals surface area contributed by atoms with Gasteiger partial charge in [0.2, 0.25) is 0 Å². The third-order valence-electron chi connectivity index (χ3n) is 3.32. The first-order valence-electron chi connectivity index (χ1n) is 6.67. The average Bonchev–Trinajstić information content (AvgIpc) is 2.83. The van der Waals surface area contributed by atoms with Gasteiger partial charge in [0.05, 0.1) is 11.1 Å². The minimum atomic E-state index is -0.613. The summed E-state index contributed by atoms with van der Waals surface area (Å²) in [6.45, 7) is 3.41. The zero-order valence-corrected chi connectivity index (χ0v) is 12.8. The van der Waals surface area contributed by atoms with Gasteiger partial charge in [-0.1, -0.05) is 23.2 Å².